The van der Waals surface area contributed by atoms with E-state index in [0.29, 0.717) is 17.4 Å². The number of ether oxygens (including phenoxy) is 2. The Morgan fingerprint density at radius 2 is 1.82 bits per heavy atom. The molecule has 1 aliphatic carbocycles. The van der Waals surface area contributed by atoms with Crippen molar-refractivity contribution in [2.75, 3.05) is 58.4 Å². The van der Waals surface area contributed by atoms with Gasteiger partial charge in [-0.05, 0) is 43.9 Å². The molecule has 2 aromatic heterocycles. The van der Waals surface area contributed by atoms with Crippen LogP contribution in [0.2, 0.25) is 0 Å². The number of aromatic nitrogens is 3. The molecule has 2 aliphatic heterocycles. The molecular weight excluding hydrogens is 596 g/mol. The molecule has 2 saturated heterocycles. The fourth-order valence-electron chi connectivity index (χ4n) is 6.10. The van der Waals surface area contributed by atoms with Gasteiger partial charge in [-0.1, -0.05) is 12.5 Å². The van der Waals surface area contributed by atoms with Crippen molar-refractivity contribution in [2.24, 2.45) is 0 Å². The molecule has 44 heavy (non-hydrogen) atoms. The van der Waals surface area contributed by atoms with Gasteiger partial charge in [-0.2, -0.15) is 26.6 Å². The number of morpholine rings is 1. The van der Waals surface area contributed by atoms with Gasteiger partial charge < -0.3 is 14.4 Å². The highest BCUT2D eigenvalue weighted by Gasteiger charge is 2.33. The van der Waals surface area contributed by atoms with Crippen LogP contribution in [0.25, 0.3) is 16.7 Å². The van der Waals surface area contributed by atoms with E-state index in [2.05, 4.69) is 24.2 Å². The third-order valence-corrected chi connectivity index (χ3v) is 10.1. The Morgan fingerprint density at radius 1 is 1.09 bits per heavy atom. The lowest BCUT2D eigenvalue weighted by molar-refractivity contribution is -0.0498. The molecule has 238 valence electrons. The highest BCUT2D eigenvalue weighted by atomic mass is 32.2. The van der Waals surface area contributed by atoms with Crippen molar-refractivity contribution in [1.29, 1.82) is 0 Å². The Labute approximate surface area is 255 Å². The van der Waals surface area contributed by atoms with Crippen molar-refractivity contribution < 1.29 is 31.5 Å². The first-order valence-corrected chi connectivity index (χ1v) is 16.3. The molecular formula is C29H37F2N7O5S. The number of hydrogen-bond acceptors (Lipinski definition) is 9. The van der Waals surface area contributed by atoms with E-state index in [4.69, 9.17) is 9.84 Å². The maximum atomic E-state index is 13.4. The zero-order valence-corrected chi connectivity index (χ0v) is 25.6. The molecule has 6 rings (SSSR count). The highest BCUT2D eigenvalue weighted by Crippen LogP contribution is 2.43. The molecule has 0 radical (unpaired) electrons. The van der Waals surface area contributed by atoms with Crippen molar-refractivity contribution in [2.45, 2.75) is 50.7 Å². The highest BCUT2D eigenvalue weighted by molar-refractivity contribution is 7.87. The van der Waals surface area contributed by atoms with Gasteiger partial charge in [-0.3, -0.25) is 9.69 Å². The molecule has 12 nitrogen and oxygen atoms in total. The summed E-state index contributed by atoms with van der Waals surface area (Å²) in [6.07, 6.45) is 4.79. The molecule has 3 fully saturated rings. The third-order valence-electron chi connectivity index (χ3n) is 8.73. The average molecular weight is 634 g/mol. The fourth-order valence-corrected chi connectivity index (χ4v) is 6.62. The molecule has 1 aromatic carbocycles. The van der Waals surface area contributed by atoms with Crippen LogP contribution in [0.4, 0.5) is 14.5 Å². The normalized spacial score (nSPS) is 19.1. The Kier molecular flexibility index (Phi) is 8.72. The van der Waals surface area contributed by atoms with E-state index in [1.165, 1.54) is 26.2 Å². The van der Waals surface area contributed by atoms with Crippen molar-refractivity contribution >= 4 is 32.8 Å². The van der Waals surface area contributed by atoms with Crippen LogP contribution < -0.4 is 14.4 Å². The largest absolute Gasteiger partial charge is 0.435 e. The number of nitrogens with one attached hydrogen (secondary N) is 1. The van der Waals surface area contributed by atoms with Crippen molar-refractivity contribution in [1.82, 2.24) is 28.7 Å². The Balaban J connectivity index is 1.45. The molecule has 15 heteroatoms. The van der Waals surface area contributed by atoms with E-state index < -0.39 is 22.7 Å². The molecule has 1 amide bonds. The molecule has 4 heterocycles. The summed E-state index contributed by atoms with van der Waals surface area (Å²) in [5, 5.41) is 5.74. The minimum absolute atomic E-state index is 0.0391. The lowest BCUT2D eigenvalue weighted by Crippen LogP contribution is -2.49. The number of amides is 1. The summed E-state index contributed by atoms with van der Waals surface area (Å²) < 4.78 is 65.9. The van der Waals surface area contributed by atoms with Gasteiger partial charge in [-0.15, -0.1) is 0 Å². The Morgan fingerprint density at radius 3 is 2.45 bits per heavy atom. The van der Waals surface area contributed by atoms with Gasteiger partial charge in [0, 0.05) is 58.3 Å². The second kappa shape index (κ2) is 12.5. The van der Waals surface area contributed by atoms with Crippen LogP contribution in [0, 0.1) is 0 Å². The molecule has 1 saturated carbocycles. The van der Waals surface area contributed by atoms with Crippen molar-refractivity contribution in [3.8, 4) is 11.4 Å². The predicted molar refractivity (Wildman–Crippen MR) is 160 cm³/mol. The van der Waals surface area contributed by atoms with Crippen LogP contribution >= 0.6 is 0 Å². The predicted octanol–water partition coefficient (Wildman–Crippen LogP) is 3.13. The monoisotopic (exact) mass is 633 g/mol. The number of carbonyl (C=O) groups excluding carboxylic acids is 1. The van der Waals surface area contributed by atoms with E-state index in [9.17, 15) is 22.0 Å². The molecule has 0 spiro atoms. The lowest BCUT2D eigenvalue weighted by atomic mass is 9.82. The smallest absolute Gasteiger partial charge is 0.387 e. The first-order chi connectivity index (χ1) is 21.1. The second-order valence-corrected chi connectivity index (χ2v) is 13.5. The standard InChI is InChI=1S/C29H37F2N7O5S/c1-35(2)44(40,41)34-28(39)23-18-24(37-11-9-20(10-12-37)36-13-15-42-16-14-36)25-26(19-5-3-6-19)33-38(27(25)32-23)21-7-4-8-22(17-21)43-29(30)31/h4,7-8,17-20,29H,3,5-6,9-16H2,1-2H3,(H,34,39). The number of alkyl halides is 2. The van der Waals surface area contributed by atoms with E-state index in [-0.39, 0.29) is 17.4 Å². The topological polar surface area (TPSA) is 122 Å². The zero-order valence-electron chi connectivity index (χ0n) is 24.8. The fraction of sp³-hybridized carbons (Fsp3) is 0.552. The van der Waals surface area contributed by atoms with Crippen molar-refractivity contribution in [3.63, 3.8) is 0 Å². The van der Waals surface area contributed by atoms with Gasteiger partial charge in [-0.25, -0.2) is 14.4 Å². The number of pyridine rings is 1. The summed E-state index contributed by atoms with van der Waals surface area (Å²) in [6.45, 7) is 1.73. The zero-order chi connectivity index (χ0) is 31.0. The van der Waals surface area contributed by atoms with E-state index in [1.807, 2.05) is 0 Å². The SMILES string of the molecule is CN(C)S(=O)(=O)NC(=O)c1cc(N2CCC(N3CCOCC3)CC2)c2c(C3CCC3)nn(-c3cccc(OC(F)F)c3)c2n1. The number of halogens is 2. The van der Waals surface area contributed by atoms with Gasteiger partial charge in [0.25, 0.3) is 5.91 Å². The van der Waals surface area contributed by atoms with Crippen LogP contribution in [0.15, 0.2) is 30.3 Å². The number of anilines is 1. The first-order valence-electron chi connectivity index (χ1n) is 14.9. The van der Waals surface area contributed by atoms with Crippen LogP contribution in [0.1, 0.15) is 54.2 Å². The summed E-state index contributed by atoms with van der Waals surface area (Å²) in [4.78, 5) is 22.7. The average Bonchev–Trinajstić information content (AvgIpc) is 3.35. The summed E-state index contributed by atoms with van der Waals surface area (Å²) >= 11 is 0. The third kappa shape index (κ3) is 6.23. The number of benzene rings is 1. The van der Waals surface area contributed by atoms with Crippen LogP contribution in [-0.4, -0.2) is 104 Å². The number of rotatable bonds is 9. The molecule has 0 unspecified atom stereocenters. The van der Waals surface area contributed by atoms with Crippen LogP contribution in [-0.2, 0) is 14.9 Å². The number of carbonyl (C=O) groups is 1. The number of hydrogen-bond donors (Lipinski definition) is 1. The van der Waals surface area contributed by atoms with Crippen molar-refractivity contribution in [3.05, 3.63) is 41.7 Å². The summed E-state index contributed by atoms with van der Waals surface area (Å²) in [5.74, 6) is -0.736. The Hall–Kier alpha value is -3.40. The number of fused-ring (bicyclic) bond motifs is 1. The second-order valence-electron chi connectivity index (χ2n) is 11.6. The van der Waals surface area contributed by atoms with Gasteiger partial charge in [0.1, 0.15) is 11.4 Å². The molecule has 3 aromatic rings. The van der Waals surface area contributed by atoms with E-state index in [1.54, 1.807) is 22.9 Å². The summed E-state index contributed by atoms with van der Waals surface area (Å²) in [5.41, 5.74) is 2.28. The quantitative estimate of drug-likeness (QED) is 0.379. The maximum Gasteiger partial charge on any atom is 0.387 e. The lowest BCUT2D eigenvalue weighted by Gasteiger charge is -2.41. The van der Waals surface area contributed by atoms with Crippen LogP contribution in [0.5, 0.6) is 5.75 Å². The summed E-state index contributed by atoms with van der Waals surface area (Å²) in [7, 11) is -1.44. The molecule has 3 aliphatic rings. The van der Waals surface area contributed by atoms with E-state index >= 15 is 0 Å². The maximum absolute atomic E-state index is 13.4. The van der Waals surface area contributed by atoms with Gasteiger partial charge in [0.2, 0.25) is 0 Å². The van der Waals surface area contributed by atoms with Gasteiger partial charge in [0.15, 0.2) is 5.65 Å². The van der Waals surface area contributed by atoms with Crippen LogP contribution in [0.3, 0.4) is 0 Å². The Bertz CT molecular complexity index is 1620. The van der Waals surface area contributed by atoms with Gasteiger partial charge in [0.05, 0.1) is 35.7 Å². The number of piperidine rings is 1. The van der Waals surface area contributed by atoms with E-state index in [0.717, 1.165) is 92.6 Å². The molecule has 1 N–H and O–H groups in total. The first kappa shape index (κ1) is 30.6. The summed E-state index contributed by atoms with van der Waals surface area (Å²) in [6, 6.07) is 8.24. The minimum atomic E-state index is -4.08. The van der Waals surface area contributed by atoms with Gasteiger partial charge >= 0.3 is 16.8 Å². The molecule has 0 bridgehead atoms. The number of nitrogens with zero attached hydrogens (tertiary/aromatic N) is 6. The minimum Gasteiger partial charge on any atom is -0.435 e. The molecule has 0 atom stereocenters.